The van der Waals surface area contributed by atoms with Gasteiger partial charge in [-0.05, 0) is 12.5 Å². The standard InChI is InChI=1S/C11H17NO2/c1-2-3-4-8-14-11-7-5-6-10(9-13)12-11/h5-7,13H,2-4,8-9H2,1H3. The van der Waals surface area contributed by atoms with Crippen LogP contribution in [0.3, 0.4) is 0 Å². The lowest BCUT2D eigenvalue weighted by Crippen LogP contribution is -2.00. The maximum atomic E-state index is 8.85. The summed E-state index contributed by atoms with van der Waals surface area (Å²) in [5.74, 6) is 0.604. The lowest BCUT2D eigenvalue weighted by Gasteiger charge is -2.05. The predicted octanol–water partition coefficient (Wildman–Crippen LogP) is 2.14. The number of pyridine rings is 1. The molecule has 1 heterocycles. The fraction of sp³-hybridized carbons (Fsp3) is 0.545. The Morgan fingerprint density at radius 3 is 2.93 bits per heavy atom. The van der Waals surface area contributed by atoms with Gasteiger partial charge < -0.3 is 9.84 Å². The van der Waals surface area contributed by atoms with Gasteiger partial charge in [-0.15, -0.1) is 0 Å². The molecule has 78 valence electrons. The van der Waals surface area contributed by atoms with E-state index in [1.165, 1.54) is 12.8 Å². The smallest absolute Gasteiger partial charge is 0.213 e. The molecule has 3 nitrogen and oxygen atoms in total. The Hall–Kier alpha value is -1.09. The van der Waals surface area contributed by atoms with Crippen molar-refractivity contribution in [1.29, 1.82) is 0 Å². The quantitative estimate of drug-likeness (QED) is 0.707. The van der Waals surface area contributed by atoms with Crippen LogP contribution in [0.15, 0.2) is 18.2 Å². The van der Waals surface area contributed by atoms with Crippen molar-refractivity contribution in [3.63, 3.8) is 0 Å². The average Bonchev–Trinajstić information content (AvgIpc) is 2.25. The van der Waals surface area contributed by atoms with Gasteiger partial charge in [0.15, 0.2) is 0 Å². The lowest BCUT2D eigenvalue weighted by atomic mass is 10.3. The number of ether oxygens (including phenoxy) is 1. The van der Waals surface area contributed by atoms with E-state index in [4.69, 9.17) is 9.84 Å². The summed E-state index contributed by atoms with van der Waals surface area (Å²) >= 11 is 0. The Morgan fingerprint density at radius 2 is 2.21 bits per heavy atom. The van der Waals surface area contributed by atoms with Crippen LogP contribution < -0.4 is 4.74 Å². The van der Waals surface area contributed by atoms with Crippen LogP contribution in [0.5, 0.6) is 5.88 Å². The van der Waals surface area contributed by atoms with E-state index in [1.807, 2.05) is 12.1 Å². The zero-order valence-electron chi connectivity index (χ0n) is 8.57. The fourth-order valence-electron chi connectivity index (χ4n) is 1.15. The van der Waals surface area contributed by atoms with Crippen LogP contribution in [0, 0.1) is 0 Å². The SMILES string of the molecule is CCCCCOc1cccc(CO)n1. The van der Waals surface area contributed by atoms with E-state index in [2.05, 4.69) is 11.9 Å². The Labute approximate surface area is 84.7 Å². The summed E-state index contributed by atoms with van der Waals surface area (Å²) in [7, 11) is 0. The van der Waals surface area contributed by atoms with Crippen molar-refractivity contribution >= 4 is 0 Å². The third kappa shape index (κ3) is 3.75. The van der Waals surface area contributed by atoms with Crippen molar-refractivity contribution in [2.24, 2.45) is 0 Å². The monoisotopic (exact) mass is 195 g/mol. The number of aromatic nitrogens is 1. The van der Waals surface area contributed by atoms with Gasteiger partial charge in [0.2, 0.25) is 5.88 Å². The van der Waals surface area contributed by atoms with Gasteiger partial charge in [-0.2, -0.15) is 0 Å². The molecule has 0 fully saturated rings. The topological polar surface area (TPSA) is 42.4 Å². The van der Waals surface area contributed by atoms with E-state index in [1.54, 1.807) is 6.07 Å². The van der Waals surface area contributed by atoms with E-state index in [-0.39, 0.29) is 6.61 Å². The van der Waals surface area contributed by atoms with Crippen molar-refractivity contribution in [2.45, 2.75) is 32.8 Å². The van der Waals surface area contributed by atoms with Gasteiger partial charge in [-0.25, -0.2) is 4.98 Å². The molecule has 0 amide bonds. The molecule has 0 unspecified atom stereocenters. The first-order valence-corrected chi connectivity index (χ1v) is 5.06. The van der Waals surface area contributed by atoms with Gasteiger partial charge in [-0.3, -0.25) is 0 Å². The van der Waals surface area contributed by atoms with Gasteiger partial charge in [0.25, 0.3) is 0 Å². The molecule has 3 heteroatoms. The van der Waals surface area contributed by atoms with Gasteiger partial charge in [0.05, 0.1) is 18.9 Å². The zero-order chi connectivity index (χ0) is 10.2. The predicted molar refractivity (Wildman–Crippen MR) is 55.2 cm³/mol. The van der Waals surface area contributed by atoms with Crippen LogP contribution in [0.25, 0.3) is 0 Å². The number of hydrogen-bond acceptors (Lipinski definition) is 3. The molecular formula is C11H17NO2. The Bertz CT molecular complexity index is 263. The molecule has 0 radical (unpaired) electrons. The third-order valence-electron chi connectivity index (χ3n) is 1.94. The first-order valence-electron chi connectivity index (χ1n) is 5.06. The van der Waals surface area contributed by atoms with Crippen LogP contribution in [-0.2, 0) is 6.61 Å². The molecule has 1 N–H and O–H groups in total. The minimum absolute atomic E-state index is 0.0356. The summed E-state index contributed by atoms with van der Waals surface area (Å²) in [5, 5.41) is 8.85. The molecule has 0 saturated heterocycles. The molecule has 0 saturated carbocycles. The van der Waals surface area contributed by atoms with Crippen molar-refractivity contribution in [3.8, 4) is 5.88 Å². The van der Waals surface area contributed by atoms with Crippen LogP contribution in [-0.4, -0.2) is 16.7 Å². The number of rotatable bonds is 6. The molecule has 1 aromatic heterocycles. The van der Waals surface area contributed by atoms with Crippen LogP contribution in [0.1, 0.15) is 31.9 Å². The largest absolute Gasteiger partial charge is 0.478 e. The second kappa shape index (κ2) is 6.38. The van der Waals surface area contributed by atoms with E-state index in [0.29, 0.717) is 18.2 Å². The number of nitrogens with zero attached hydrogens (tertiary/aromatic N) is 1. The van der Waals surface area contributed by atoms with Crippen LogP contribution in [0.4, 0.5) is 0 Å². The van der Waals surface area contributed by atoms with E-state index in [0.717, 1.165) is 6.42 Å². The second-order valence-electron chi connectivity index (χ2n) is 3.18. The average molecular weight is 195 g/mol. The highest BCUT2D eigenvalue weighted by Crippen LogP contribution is 2.08. The second-order valence-corrected chi connectivity index (χ2v) is 3.18. The summed E-state index contributed by atoms with van der Waals surface area (Å²) < 4.78 is 5.43. The maximum Gasteiger partial charge on any atom is 0.213 e. The molecule has 0 aromatic carbocycles. The Kier molecular flexibility index (Phi) is 5.00. The minimum Gasteiger partial charge on any atom is -0.478 e. The first-order chi connectivity index (χ1) is 6.86. The fourth-order valence-corrected chi connectivity index (χ4v) is 1.15. The van der Waals surface area contributed by atoms with Crippen LogP contribution >= 0.6 is 0 Å². The Balaban J connectivity index is 2.34. The maximum absolute atomic E-state index is 8.85. The summed E-state index contributed by atoms with van der Waals surface area (Å²) in [6.45, 7) is 2.83. The molecule has 0 bridgehead atoms. The first kappa shape index (κ1) is 11.0. The number of aliphatic hydroxyl groups is 1. The molecule has 1 rings (SSSR count). The van der Waals surface area contributed by atoms with Crippen molar-refractivity contribution in [2.75, 3.05) is 6.61 Å². The normalized spacial score (nSPS) is 10.1. The highest BCUT2D eigenvalue weighted by atomic mass is 16.5. The minimum atomic E-state index is -0.0356. The van der Waals surface area contributed by atoms with E-state index >= 15 is 0 Å². The van der Waals surface area contributed by atoms with Gasteiger partial charge >= 0.3 is 0 Å². The van der Waals surface area contributed by atoms with E-state index < -0.39 is 0 Å². The molecule has 1 aromatic rings. The third-order valence-corrected chi connectivity index (χ3v) is 1.94. The van der Waals surface area contributed by atoms with Crippen molar-refractivity contribution in [3.05, 3.63) is 23.9 Å². The molecule has 0 aliphatic heterocycles. The van der Waals surface area contributed by atoms with E-state index in [9.17, 15) is 0 Å². The number of aliphatic hydroxyl groups excluding tert-OH is 1. The van der Waals surface area contributed by atoms with Crippen molar-refractivity contribution < 1.29 is 9.84 Å². The van der Waals surface area contributed by atoms with Gasteiger partial charge in [0, 0.05) is 6.07 Å². The molecule has 0 aliphatic rings. The summed E-state index contributed by atoms with van der Waals surface area (Å²) in [4.78, 5) is 4.12. The lowest BCUT2D eigenvalue weighted by molar-refractivity contribution is 0.267. The van der Waals surface area contributed by atoms with Crippen molar-refractivity contribution in [1.82, 2.24) is 4.98 Å². The molecule has 14 heavy (non-hydrogen) atoms. The van der Waals surface area contributed by atoms with Gasteiger partial charge in [0.1, 0.15) is 0 Å². The summed E-state index contributed by atoms with van der Waals surface area (Å²) in [5.41, 5.74) is 0.651. The molecule has 0 atom stereocenters. The van der Waals surface area contributed by atoms with Crippen LogP contribution in [0.2, 0.25) is 0 Å². The Morgan fingerprint density at radius 1 is 1.36 bits per heavy atom. The molecule has 0 spiro atoms. The van der Waals surface area contributed by atoms with Gasteiger partial charge in [-0.1, -0.05) is 25.8 Å². The summed E-state index contributed by atoms with van der Waals surface area (Å²) in [6.07, 6.45) is 3.43. The number of hydrogen-bond donors (Lipinski definition) is 1. The highest BCUT2D eigenvalue weighted by molar-refractivity contribution is 5.15. The number of unbranched alkanes of at least 4 members (excludes halogenated alkanes) is 2. The summed E-state index contributed by atoms with van der Waals surface area (Å²) in [6, 6.07) is 5.43. The highest BCUT2D eigenvalue weighted by Gasteiger charge is 1.96. The molecular weight excluding hydrogens is 178 g/mol. The molecule has 0 aliphatic carbocycles. The zero-order valence-corrected chi connectivity index (χ0v) is 8.57.